The van der Waals surface area contributed by atoms with Crippen LogP contribution in [0.25, 0.3) is 0 Å². The maximum absolute atomic E-state index is 11.2. The van der Waals surface area contributed by atoms with E-state index in [9.17, 15) is 4.79 Å². The number of Topliss-reactive ketones (excluding diaryl/α,β-unsaturated/α-hetero) is 1. The van der Waals surface area contributed by atoms with Crippen molar-refractivity contribution >= 4 is 28.4 Å². The number of hydrogen-bond donors (Lipinski definition) is 0. The van der Waals surface area contributed by atoms with Crippen molar-refractivity contribution in [3.8, 4) is 0 Å². The van der Waals surface area contributed by atoms with E-state index >= 15 is 0 Å². The molecule has 0 saturated carbocycles. The lowest BCUT2D eigenvalue weighted by molar-refractivity contribution is -0.118. The Morgan fingerprint density at radius 1 is 1.31 bits per heavy atom. The molecule has 0 amide bonds. The Labute approximate surface area is 91.7 Å². The first-order chi connectivity index (χ1) is 6.16. The number of ketones is 1. The van der Waals surface area contributed by atoms with Gasteiger partial charge in [-0.2, -0.15) is 0 Å². The lowest BCUT2D eigenvalue weighted by atomic mass is 9.88. The Hall–Kier alpha value is -0.380. The summed E-state index contributed by atoms with van der Waals surface area (Å²) >= 11 is 2.31. The zero-order valence-electron chi connectivity index (χ0n) is 7.56. The van der Waals surface area contributed by atoms with Crippen molar-refractivity contribution < 1.29 is 4.79 Å². The van der Waals surface area contributed by atoms with Gasteiger partial charge >= 0.3 is 0 Å². The van der Waals surface area contributed by atoms with Gasteiger partial charge in [0.1, 0.15) is 5.78 Å². The van der Waals surface area contributed by atoms with Gasteiger partial charge in [-0.05, 0) is 64.8 Å². The molecule has 0 atom stereocenters. The molecule has 0 radical (unpaired) electrons. The first-order valence-electron chi connectivity index (χ1n) is 4.46. The molecule has 0 heterocycles. The fraction of sp³-hybridized carbons (Fsp3) is 0.364. The molecular formula is C11H11IO. The number of hydrogen-bond acceptors (Lipinski definition) is 1. The topological polar surface area (TPSA) is 17.1 Å². The molecule has 1 nitrogen and oxygen atoms in total. The van der Waals surface area contributed by atoms with Crippen LogP contribution in [0.15, 0.2) is 12.1 Å². The SMILES string of the molecule is Cc1cc(I)cc2c1CCC(=O)C2. The zero-order valence-corrected chi connectivity index (χ0v) is 9.72. The highest BCUT2D eigenvalue weighted by molar-refractivity contribution is 14.1. The maximum Gasteiger partial charge on any atom is 0.137 e. The van der Waals surface area contributed by atoms with E-state index in [4.69, 9.17) is 0 Å². The molecule has 1 aliphatic rings. The van der Waals surface area contributed by atoms with Crippen LogP contribution >= 0.6 is 22.6 Å². The summed E-state index contributed by atoms with van der Waals surface area (Å²) in [4.78, 5) is 11.2. The lowest BCUT2D eigenvalue weighted by Gasteiger charge is -2.17. The second-order valence-corrected chi connectivity index (χ2v) is 4.82. The molecule has 0 aliphatic heterocycles. The molecule has 0 spiro atoms. The van der Waals surface area contributed by atoms with E-state index in [1.807, 2.05) is 0 Å². The third-order valence-electron chi connectivity index (χ3n) is 2.57. The molecule has 0 saturated heterocycles. The highest BCUT2D eigenvalue weighted by atomic mass is 127. The van der Waals surface area contributed by atoms with E-state index in [0.717, 1.165) is 12.8 Å². The Morgan fingerprint density at radius 2 is 2.08 bits per heavy atom. The summed E-state index contributed by atoms with van der Waals surface area (Å²) in [6, 6.07) is 4.33. The third kappa shape index (κ3) is 1.77. The van der Waals surface area contributed by atoms with Crippen molar-refractivity contribution in [3.63, 3.8) is 0 Å². The van der Waals surface area contributed by atoms with Gasteiger partial charge in [0.15, 0.2) is 0 Å². The molecular weight excluding hydrogens is 275 g/mol. The third-order valence-corrected chi connectivity index (χ3v) is 3.19. The molecule has 13 heavy (non-hydrogen) atoms. The molecule has 1 aromatic carbocycles. The average molecular weight is 286 g/mol. The van der Waals surface area contributed by atoms with Gasteiger partial charge in [0.2, 0.25) is 0 Å². The standard InChI is InChI=1S/C11H11IO/c1-7-4-9(12)5-8-6-10(13)2-3-11(7)8/h4-5H,2-3,6H2,1H3. The van der Waals surface area contributed by atoms with Gasteiger partial charge in [-0.1, -0.05) is 0 Å². The molecule has 0 bridgehead atoms. The van der Waals surface area contributed by atoms with E-state index in [2.05, 4.69) is 41.6 Å². The van der Waals surface area contributed by atoms with Gasteiger partial charge in [0, 0.05) is 16.4 Å². The van der Waals surface area contributed by atoms with Crippen LogP contribution in [0.3, 0.4) is 0 Å². The molecule has 68 valence electrons. The van der Waals surface area contributed by atoms with Gasteiger partial charge in [0.05, 0.1) is 0 Å². The van der Waals surface area contributed by atoms with Crippen LogP contribution in [0, 0.1) is 10.5 Å². The first kappa shape index (κ1) is 9.19. The smallest absolute Gasteiger partial charge is 0.137 e. The van der Waals surface area contributed by atoms with E-state index in [-0.39, 0.29) is 0 Å². The summed E-state index contributed by atoms with van der Waals surface area (Å²) in [7, 11) is 0. The van der Waals surface area contributed by atoms with E-state index in [1.165, 1.54) is 20.3 Å². The number of benzene rings is 1. The predicted octanol–water partition coefficient (Wildman–Crippen LogP) is 2.66. The molecule has 1 aromatic rings. The number of carbonyl (C=O) groups excluding carboxylic acids is 1. The average Bonchev–Trinajstić information content (AvgIpc) is 2.02. The number of halogens is 1. The van der Waals surface area contributed by atoms with Crippen molar-refractivity contribution in [1.29, 1.82) is 0 Å². The molecule has 0 fully saturated rings. The van der Waals surface area contributed by atoms with Gasteiger partial charge in [-0.15, -0.1) is 0 Å². The van der Waals surface area contributed by atoms with Crippen molar-refractivity contribution in [2.45, 2.75) is 26.2 Å². The molecule has 0 unspecified atom stereocenters. The Bertz CT molecular complexity index is 369. The minimum atomic E-state index is 0.383. The minimum Gasteiger partial charge on any atom is -0.299 e. The van der Waals surface area contributed by atoms with Crippen LogP contribution in [0.2, 0.25) is 0 Å². The fourth-order valence-electron chi connectivity index (χ4n) is 1.92. The molecule has 2 rings (SSSR count). The van der Waals surface area contributed by atoms with E-state index in [0.29, 0.717) is 12.2 Å². The van der Waals surface area contributed by atoms with Gasteiger partial charge in [0.25, 0.3) is 0 Å². The summed E-state index contributed by atoms with van der Waals surface area (Å²) in [5, 5.41) is 0. The second kappa shape index (κ2) is 3.40. The number of aryl methyl sites for hydroxylation is 1. The Balaban J connectivity index is 2.53. The Morgan fingerprint density at radius 3 is 2.85 bits per heavy atom. The van der Waals surface area contributed by atoms with Crippen LogP contribution in [-0.2, 0) is 17.6 Å². The van der Waals surface area contributed by atoms with Crippen molar-refractivity contribution in [2.75, 3.05) is 0 Å². The van der Waals surface area contributed by atoms with Crippen LogP contribution in [0.5, 0.6) is 0 Å². The zero-order chi connectivity index (χ0) is 9.42. The largest absolute Gasteiger partial charge is 0.299 e. The van der Waals surface area contributed by atoms with Gasteiger partial charge in [-0.3, -0.25) is 4.79 Å². The van der Waals surface area contributed by atoms with Crippen LogP contribution in [-0.4, -0.2) is 5.78 Å². The van der Waals surface area contributed by atoms with Crippen molar-refractivity contribution in [2.24, 2.45) is 0 Å². The predicted molar refractivity (Wildman–Crippen MR) is 60.9 cm³/mol. The second-order valence-electron chi connectivity index (χ2n) is 3.58. The number of fused-ring (bicyclic) bond motifs is 1. The normalized spacial score (nSPS) is 15.7. The summed E-state index contributed by atoms with van der Waals surface area (Å²) in [6.45, 7) is 2.14. The van der Waals surface area contributed by atoms with Crippen molar-refractivity contribution in [1.82, 2.24) is 0 Å². The molecule has 1 aliphatic carbocycles. The van der Waals surface area contributed by atoms with Crippen LogP contribution in [0.4, 0.5) is 0 Å². The number of carbonyl (C=O) groups is 1. The minimum absolute atomic E-state index is 0.383. The summed E-state index contributed by atoms with van der Waals surface area (Å²) in [5.74, 6) is 0.383. The highest BCUT2D eigenvalue weighted by Gasteiger charge is 2.17. The van der Waals surface area contributed by atoms with Crippen molar-refractivity contribution in [3.05, 3.63) is 32.4 Å². The van der Waals surface area contributed by atoms with Gasteiger partial charge in [-0.25, -0.2) is 0 Å². The van der Waals surface area contributed by atoms with Crippen LogP contribution < -0.4 is 0 Å². The van der Waals surface area contributed by atoms with Crippen LogP contribution in [0.1, 0.15) is 23.1 Å². The fourth-order valence-corrected chi connectivity index (χ4v) is 2.77. The number of rotatable bonds is 0. The summed E-state index contributed by atoms with van der Waals surface area (Å²) in [6.07, 6.45) is 2.32. The lowest BCUT2D eigenvalue weighted by Crippen LogP contribution is -2.14. The van der Waals surface area contributed by atoms with Gasteiger partial charge < -0.3 is 0 Å². The maximum atomic E-state index is 11.2. The summed E-state index contributed by atoms with van der Waals surface area (Å²) < 4.78 is 1.24. The molecule has 2 heteroatoms. The van der Waals surface area contributed by atoms with E-state index < -0.39 is 0 Å². The molecule has 0 N–H and O–H groups in total. The first-order valence-corrected chi connectivity index (χ1v) is 5.54. The quantitative estimate of drug-likeness (QED) is 0.670. The van der Waals surface area contributed by atoms with E-state index in [1.54, 1.807) is 0 Å². The molecule has 0 aromatic heterocycles. The summed E-state index contributed by atoms with van der Waals surface area (Å²) in [5.41, 5.74) is 4.00. The highest BCUT2D eigenvalue weighted by Crippen LogP contribution is 2.24. The monoisotopic (exact) mass is 286 g/mol. The Kier molecular flexibility index (Phi) is 2.41.